The van der Waals surface area contributed by atoms with E-state index in [9.17, 15) is 8.78 Å². The van der Waals surface area contributed by atoms with Gasteiger partial charge in [0.25, 0.3) is 0 Å². The van der Waals surface area contributed by atoms with Crippen molar-refractivity contribution in [3.05, 3.63) is 33.8 Å². The van der Waals surface area contributed by atoms with Gasteiger partial charge in [-0.15, -0.1) is 12.4 Å². The summed E-state index contributed by atoms with van der Waals surface area (Å²) in [6.07, 6.45) is 0. The van der Waals surface area contributed by atoms with Gasteiger partial charge in [-0.25, -0.2) is 8.78 Å². The number of hydrogen-bond donors (Lipinski definition) is 1. The molecule has 0 atom stereocenters. The molecule has 74 valence electrons. The topological polar surface area (TPSA) is 12.0 Å². The van der Waals surface area contributed by atoms with E-state index >= 15 is 0 Å². The molecule has 1 aromatic rings. The monoisotopic (exact) mass is 271 g/mol. The van der Waals surface area contributed by atoms with Crippen molar-refractivity contribution < 1.29 is 8.78 Å². The van der Waals surface area contributed by atoms with Gasteiger partial charge in [-0.2, -0.15) is 0 Å². The summed E-state index contributed by atoms with van der Waals surface area (Å²) < 4.78 is 26.4. The van der Waals surface area contributed by atoms with Gasteiger partial charge in [0.2, 0.25) is 0 Å². The minimum atomic E-state index is -0.531. The van der Waals surface area contributed by atoms with Crippen LogP contribution in [0.4, 0.5) is 8.78 Å². The Morgan fingerprint density at radius 2 is 1.77 bits per heavy atom. The van der Waals surface area contributed by atoms with Crippen LogP contribution in [-0.4, -0.2) is 7.05 Å². The molecule has 0 bridgehead atoms. The Labute approximate surface area is 90.1 Å². The lowest BCUT2D eigenvalue weighted by atomic mass is 10.2. The van der Waals surface area contributed by atoms with E-state index in [4.69, 9.17) is 0 Å². The lowest BCUT2D eigenvalue weighted by Crippen LogP contribution is -2.09. The molecule has 0 spiro atoms. The van der Waals surface area contributed by atoms with Crippen LogP contribution in [-0.2, 0) is 6.54 Å². The number of halogens is 4. The van der Waals surface area contributed by atoms with E-state index in [2.05, 4.69) is 21.2 Å². The average Bonchev–Trinajstić information content (AvgIpc) is 1.96. The Morgan fingerprint density at radius 3 is 2.15 bits per heavy atom. The molecule has 0 aliphatic carbocycles. The zero-order valence-electron chi connectivity index (χ0n) is 6.90. The molecule has 0 saturated carbocycles. The van der Waals surface area contributed by atoms with E-state index in [-0.39, 0.29) is 24.5 Å². The predicted molar refractivity (Wildman–Crippen MR) is 54.1 cm³/mol. The van der Waals surface area contributed by atoms with Crippen LogP contribution in [0.2, 0.25) is 0 Å². The average molecular weight is 273 g/mol. The molecule has 0 unspecified atom stereocenters. The first kappa shape index (κ1) is 12.8. The van der Waals surface area contributed by atoms with Crippen molar-refractivity contribution in [2.24, 2.45) is 0 Å². The molecule has 1 N–H and O–H groups in total. The van der Waals surface area contributed by atoms with Crippen molar-refractivity contribution >= 4 is 28.3 Å². The summed E-state index contributed by atoms with van der Waals surface area (Å²) >= 11 is 3.00. The fourth-order valence-electron chi connectivity index (χ4n) is 0.918. The maximum Gasteiger partial charge on any atom is 0.131 e. The normalized spacial score (nSPS) is 9.54. The minimum absolute atomic E-state index is 0. The highest BCUT2D eigenvalue weighted by atomic mass is 79.9. The van der Waals surface area contributed by atoms with Crippen molar-refractivity contribution in [3.8, 4) is 0 Å². The quantitative estimate of drug-likeness (QED) is 0.873. The lowest BCUT2D eigenvalue weighted by Gasteiger charge is -2.03. The summed E-state index contributed by atoms with van der Waals surface area (Å²) in [6.45, 7) is 0.199. The van der Waals surface area contributed by atoms with Crippen LogP contribution in [0.3, 0.4) is 0 Å². The second kappa shape index (κ2) is 5.52. The van der Waals surface area contributed by atoms with E-state index in [0.717, 1.165) is 0 Å². The zero-order chi connectivity index (χ0) is 9.14. The van der Waals surface area contributed by atoms with Gasteiger partial charge in [-0.1, -0.05) is 15.9 Å². The van der Waals surface area contributed by atoms with Crippen LogP contribution >= 0.6 is 28.3 Å². The van der Waals surface area contributed by atoms with Gasteiger partial charge in [0.15, 0.2) is 0 Å². The molecule has 0 aromatic heterocycles. The molecule has 13 heavy (non-hydrogen) atoms. The molecule has 0 heterocycles. The molecule has 0 fully saturated rings. The summed E-state index contributed by atoms with van der Waals surface area (Å²) in [7, 11) is 1.64. The largest absolute Gasteiger partial charge is 0.315 e. The van der Waals surface area contributed by atoms with Crippen molar-refractivity contribution in [1.29, 1.82) is 0 Å². The maximum atomic E-state index is 13.0. The molecule has 0 aliphatic heterocycles. The van der Waals surface area contributed by atoms with Crippen molar-refractivity contribution in [3.63, 3.8) is 0 Å². The van der Waals surface area contributed by atoms with Crippen LogP contribution in [0.15, 0.2) is 16.6 Å². The fraction of sp³-hybridized carbons (Fsp3) is 0.250. The molecule has 0 radical (unpaired) electrons. The van der Waals surface area contributed by atoms with Crippen molar-refractivity contribution in [2.75, 3.05) is 7.05 Å². The predicted octanol–water partition coefficient (Wildman–Crippen LogP) is 2.87. The van der Waals surface area contributed by atoms with Crippen LogP contribution < -0.4 is 5.32 Å². The third kappa shape index (κ3) is 3.21. The molecule has 1 rings (SSSR count). The van der Waals surface area contributed by atoms with Gasteiger partial charge in [0, 0.05) is 16.6 Å². The molecular formula is C8H9BrClF2N. The van der Waals surface area contributed by atoms with Crippen molar-refractivity contribution in [1.82, 2.24) is 5.32 Å². The van der Waals surface area contributed by atoms with E-state index in [1.807, 2.05) is 0 Å². The Balaban J connectivity index is 0.00000144. The standard InChI is InChI=1S/C8H8BrF2N.ClH/c1-12-4-6-7(10)2-5(9)3-8(6)11;/h2-3,12H,4H2,1H3;1H. The Kier molecular flexibility index (Phi) is 5.44. The number of hydrogen-bond acceptors (Lipinski definition) is 1. The SMILES string of the molecule is CNCc1c(F)cc(Br)cc1F.Cl. The highest BCUT2D eigenvalue weighted by molar-refractivity contribution is 9.10. The molecule has 5 heteroatoms. The molecule has 1 nitrogen and oxygen atoms in total. The molecule has 0 aliphatic rings. The van der Waals surface area contributed by atoms with Crippen LogP contribution in [0.5, 0.6) is 0 Å². The third-order valence-electron chi connectivity index (χ3n) is 1.46. The van der Waals surface area contributed by atoms with Gasteiger partial charge in [0.05, 0.1) is 0 Å². The fourth-order valence-corrected chi connectivity index (χ4v) is 1.32. The summed E-state index contributed by atoms with van der Waals surface area (Å²) in [5.74, 6) is -1.06. The Morgan fingerprint density at radius 1 is 1.31 bits per heavy atom. The summed E-state index contributed by atoms with van der Waals surface area (Å²) in [6, 6.07) is 2.49. The lowest BCUT2D eigenvalue weighted by molar-refractivity contribution is 0.544. The van der Waals surface area contributed by atoms with Crippen LogP contribution in [0.1, 0.15) is 5.56 Å². The first-order valence-corrected chi connectivity index (χ1v) is 4.22. The van der Waals surface area contributed by atoms with Crippen LogP contribution in [0.25, 0.3) is 0 Å². The van der Waals surface area contributed by atoms with Crippen molar-refractivity contribution in [2.45, 2.75) is 6.54 Å². The molecule has 0 amide bonds. The Bertz CT molecular complexity index is 270. The van der Waals surface area contributed by atoms with Gasteiger partial charge < -0.3 is 5.32 Å². The van der Waals surface area contributed by atoms with E-state index in [1.54, 1.807) is 7.05 Å². The summed E-state index contributed by atoms with van der Waals surface area (Å²) in [5, 5.41) is 2.69. The van der Waals surface area contributed by atoms with E-state index in [1.165, 1.54) is 12.1 Å². The van der Waals surface area contributed by atoms with E-state index < -0.39 is 11.6 Å². The van der Waals surface area contributed by atoms with Gasteiger partial charge in [-0.3, -0.25) is 0 Å². The molecule has 0 saturated heterocycles. The second-order valence-electron chi connectivity index (χ2n) is 2.38. The van der Waals surface area contributed by atoms with Crippen LogP contribution in [0, 0.1) is 11.6 Å². The number of rotatable bonds is 2. The Hall–Kier alpha value is -0.190. The molecule has 1 aromatic carbocycles. The number of benzene rings is 1. The highest BCUT2D eigenvalue weighted by Gasteiger charge is 2.08. The minimum Gasteiger partial charge on any atom is -0.315 e. The third-order valence-corrected chi connectivity index (χ3v) is 1.92. The second-order valence-corrected chi connectivity index (χ2v) is 3.29. The van der Waals surface area contributed by atoms with E-state index in [0.29, 0.717) is 4.47 Å². The maximum absolute atomic E-state index is 13.0. The molecular weight excluding hydrogens is 263 g/mol. The van der Waals surface area contributed by atoms with Gasteiger partial charge in [0.1, 0.15) is 11.6 Å². The first-order chi connectivity index (χ1) is 5.65. The zero-order valence-corrected chi connectivity index (χ0v) is 9.31. The summed E-state index contributed by atoms with van der Waals surface area (Å²) in [5.41, 5.74) is 0.0701. The first-order valence-electron chi connectivity index (χ1n) is 3.43. The summed E-state index contributed by atoms with van der Waals surface area (Å²) in [4.78, 5) is 0. The smallest absolute Gasteiger partial charge is 0.131 e. The number of nitrogens with one attached hydrogen (secondary N) is 1. The van der Waals surface area contributed by atoms with Gasteiger partial charge >= 0.3 is 0 Å². The van der Waals surface area contributed by atoms with Gasteiger partial charge in [-0.05, 0) is 19.2 Å². The highest BCUT2D eigenvalue weighted by Crippen LogP contribution is 2.18.